The minimum atomic E-state index is 0.715. The molecule has 3 N–H and O–H groups in total. The molecule has 4 heteroatoms. The van der Waals surface area contributed by atoms with Crippen LogP contribution in [-0.4, -0.2) is 36.1 Å². The average molecular weight is 262 g/mol. The number of nitrogens with two attached hydrogens (primary N) is 1. The van der Waals surface area contributed by atoms with Gasteiger partial charge in [-0.1, -0.05) is 12.8 Å². The van der Waals surface area contributed by atoms with Crippen molar-refractivity contribution < 1.29 is 0 Å². The molecule has 2 rings (SSSR count). The monoisotopic (exact) mass is 262 g/mol. The Kier molecular flexibility index (Phi) is 5.95. The van der Waals surface area contributed by atoms with Crippen molar-refractivity contribution >= 4 is 11.5 Å². The molecule has 0 aliphatic carbocycles. The molecule has 0 atom stereocenters. The van der Waals surface area contributed by atoms with Crippen LogP contribution in [0.25, 0.3) is 0 Å². The summed E-state index contributed by atoms with van der Waals surface area (Å²) in [4.78, 5) is 6.83. The van der Waals surface area contributed by atoms with Gasteiger partial charge in [-0.3, -0.25) is 0 Å². The highest BCUT2D eigenvalue weighted by Crippen LogP contribution is 2.10. The molecule has 106 valence electrons. The SMILES string of the molecule is Nc1ccc(NCCCCCN2CCCCC2)nc1. The quantitative estimate of drug-likeness (QED) is 0.742. The van der Waals surface area contributed by atoms with Crippen molar-refractivity contribution in [1.29, 1.82) is 0 Å². The highest BCUT2D eigenvalue weighted by Gasteiger charge is 2.08. The van der Waals surface area contributed by atoms with Crippen LogP contribution in [-0.2, 0) is 0 Å². The second-order valence-corrected chi connectivity index (χ2v) is 5.37. The van der Waals surface area contributed by atoms with E-state index in [0.717, 1.165) is 12.4 Å². The van der Waals surface area contributed by atoms with Crippen molar-refractivity contribution in [2.75, 3.05) is 37.2 Å². The summed E-state index contributed by atoms with van der Waals surface area (Å²) < 4.78 is 0. The van der Waals surface area contributed by atoms with Gasteiger partial charge in [-0.15, -0.1) is 0 Å². The van der Waals surface area contributed by atoms with Crippen molar-refractivity contribution in [2.24, 2.45) is 0 Å². The Morgan fingerprint density at radius 3 is 2.68 bits per heavy atom. The van der Waals surface area contributed by atoms with Gasteiger partial charge in [0.25, 0.3) is 0 Å². The first-order valence-corrected chi connectivity index (χ1v) is 7.52. The molecule has 0 spiro atoms. The maximum atomic E-state index is 5.60. The number of nitrogens with one attached hydrogen (secondary N) is 1. The smallest absolute Gasteiger partial charge is 0.126 e. The Morgan fingerprint density at radius 2 is 1.95 bits per heavy atom. The molecule has 2 heterocycles. The maximum Gasteiger partial charge on any atom is 0.126 e. The molecule has 0 amide bonds. The van der Waals surface area contributed by atoms with Crippen molar-refractivity contribution in [1.82, 2.24) is 9.88 Å². The molecule has 1 fully saturated rings. The van der Waals surface area contributed by atoms with E-state index in [1.807, 2.05) is 12.1 Å². The summed E-state index contributed by atoms with van der Waals surface area (Å²) in [6.07, 6.45) is 9.72. The van der Waals surface area contributed by atoms with Gasteiger partial charge in [0.05, 0.1) is 11.9 Å². The van der Waals surface area contributed by atoms with Gasteiger partial charge < -0.3 is 16.0 Å². The maximum absolute atomic E-state index is 5.60. The van der Waals surface area contributed by atoms with Gasteiger partial charge >= 0.3 is 0 Å². The summed E-state index contributed by atoms with van der Waals surface area (Å²) in [7, 11) is 0. The first-order valence-electron chi connectivity index (χ1n) is 7.52. The molecule has 1 aromatic heterocycles. The fourth-order valence-electron chi connectivity index (χ4n) is 2.55. The number of hydrogen-bond donors (Lipinski definition) is 2. The third-order valence-corrected chi connectivity index (χ3v) is 3.69. The van der Waals surface area contributed by atoms with E-state index in [9.17, 15) is 0 Å². The minimum absolute atomic E-state index is 0.715. The second-order valence-electron chi connectivity index (χ2n) is 5.37. The molecule has 1 aliphatic heterocycles. The first kappa shape index (κ1) is 14.1. The van der Waals surface area contributed by atoms with Crippen LogP contribution in [0.15, 0.2) is 18.3 Å². The van der Waals surface area contributed by atoms with Crippen LogP contribution in [0.5, 0.6) is 0 Å². The standard InChI is InChI=1S/C15H26N4/c16-14-7-8-15(18-13-14)17-9-3-1-4-10-19-11-5-2-6-12-19/h7-8,13H,1-6,9-12,16H2,(H,17,18). The molecule has 1 saturated heterocycles. The van der Waals surface area contributed by atoms with Crippen LogP contribution in [0.2, 0.25) is 0 Å². The van der Waals surface area contributed by atoms with E-state index in [1.54, 1.807) is 6.20 Å². The summed E-state index contributed by atoms with van der Waals surface area (Å²) in [5, 5.41) is 3.33. The molecule has 0 bridgehead atoms. The number of unbranched alkanes of at least 4 members (excludes halogenated alkanes) is 2. The summed E-state index contributed by atoms with van der Waals surface area (Å²) in [6.45, 7) is 4.90. The van der Waals surface area contributed by atoms with Crippen LogP contribution in [0.3, 0.4) is 0 Å². The number of pyridine rings is 1. The highest BCUT2D eigenvalue weighted by molar-refractivity contribution is 5.43. The molecule has 4 nitrogen and oxygen atoms in total. The molecule has 0 unspecified atom stereocenters. The molecular weight excluding hydrogens is 236 g/mol. The lowest BCUT2D eigenvalue weighted by Gasteiger charge is -2.26. The first-order chi connectivity index (χ1) is 9.34. The summed E-state index contributed by atoms with van der Waals surface area (Å²) >= 11 is 0. The predicted octanol–water partition coefficient (Wildman–Crippen LogP) is 2.73. The van der Waals surface area contributed by atoms with E-state index in [1.165, 1.54) is 58.2 Å². The van der Waals surface area contributed by atoms with Gasteiger partial charge in [-0.25, -0.2) is 4.98 Å². The van der Waals surface area contributed by atoms with Gasteiger partial charge in [-0.2, -0.15) is 0 Å². The minimum Gasteiger partial charge on any atom is -0.397 e. The normalized spacial score (nSPS) is 16.4. The number of nitrogen functional groups attached to an aromatic ring is 1. The number of aromatic nitrogens is 1. The van der Waals surface area contributed by atoms with Gasteiger partial charge in [0, 0.05) is 6.54 Å². The second kappa shape index (κ2) is 8.00. The lowest BCUT2D eigenvalue weighted by atomic mass is 10.1. The number of hydrogen-bond acceptors (Lipinski definition) is 4. The topological polar surface area (TPSA) is 54.2 Å². The molecule has 19 heavy (non-hydrogen) atoms. The number of piperidine rings is 1. The molecular formula is C15H26N4. The Bertz CT molecular complexity index is 344. The van der Waals surface area contributed by atoms with Gasteiger partial charge in [0.15, 0.2) is 0 Å². The lowest BCUT2D eigenvalue weighted by molar-refractivity contribution is 0.224. The van der Waals surface area contributed by atoms with Crippen LogP contribution < -0.4 is 11.1 Å². The van der Waals surface area contributed by atoms with Gasteiger partial charge in [-0.05, 0) is 57.5 Å². The molecule has 0 saturated carbocycles. The third-order valence-electron chi connectivity index (χ3n) is 3.69. The number of likely N-dealkylation sites (tertiary alicyclic amines) is 1. The summed E-state index contributed by atoms with van der Waals surface area (Å²) in [6, 6.07) is 3.81. The zero-order valence-corrected chi connectivity index (χ0v) is 11.8. The number of nitrogens with zero attached hydrogens (tertiary/aromatic N) is 2. The largest absolute Gasteiger partial charge is 0.397 e. The van der Waals surface area contributed by atoms with Crippen LogP contribution in [0, 0.1) is 0 Å². The third kappa shape index (κ3) is 5.47. The van der Waals surface area contributed by atoms with Gasteiger partial charge in [0.1, 0.15) is 5.82 Å². The fraction of sp³-hybridized carbons (Fsp3) is 0.667. The van der Waals surface area contributed by atoms with Crippen LogP contribution in [0.4, 0.5) is 11.5 Å². The van der Waals surface area contributed by atoms with Crippen LogP contribution in [0.1, 0.15) is 38.5 Å². The molecule has 0 radical (unpaired) electrons. The van der Waals surface area contributed by atoms with E-state index >= 15 is 0 Å². The van der Waals surface area contributed by atoms with Gasteiger partial charge in [0.2, 0.25) is 0 Å². The Labute approximate surface area is 116 Å². The van der Waals surface area contributed by atoms with E-state index < -0.39 is 0 Å². The van der Waals surface area contributed by atoms with Crippen molar-refractivity contribution in [3.05, 3.63) is 18.3 Å². The summed E-state index contributed by atoms with van der Waals surface area (Å²) in [5.74, 6) is 0.922. The van der Waals surface area contributed by atoms with E-state index in [4.69, 9.17) is 5.73 Å². The van der Waals surface area contributed by atoms with Crippen LogP contribution >= 0.6 is 0 Å². The lowest BCUT2D eigenvalue weighted by Crippen LogP contribution is -2.30. The Morgan fingerprint density at radius 1 is 1.11 bits per heavy atom. The Hall–Kier alpha value is -1.29. The van der Waals surface area contributed by atoms with E-state index in [0.29, 0.717) is 5.69 Å². The molecule has 1 aliphatic rings. The molecule has 0 aromatic carbocycles. The predicted molar refractivity (Wildman–Crippen MR) is 81.3 cm³/mol. The van der Waals surface area contributed by atoms with Crippen molar-refractivity contribution in [3.63, 3.8) is 0 Å². The van der Waals surface area contributed by atoms with E-state index in [2.05, 4.69) is 15.2 Å². The average Bonchev–Trinajstić information content (AvgIpc) is 2.46. The fourth-order valence-corrected chi connectivity index (χ4v) is 2.55. The zero-order chi connectivity index (χ0) is 13.3. The number of rotatable bonds is 7. The van der Waals surface area contributed by atoms with Crippen molar-refractivity contribution in [2.45, 2.75) is 38.5 Å². The van der Waals surface area contributed by atoms with E-state index in [-0.39, 0.29) is 0 Å². The van der Waals surface area contributed by atoms with Crippen molar-refractivity contribution in [3.8, 4) is 0 Å². The zero-order valence-electron chi connectivity index (χ0n) is 11.8. The number of anilines is 2. The summed E-state index contributed by atoms with van der Waals surface area (Å²) in [5.41, 5.74) is 6.31. The highest BCUT2D eigenvalue weighted by atomic mass is 15.1. The molecule has 1 aromatic rings. The Balaban J connectivity index is 1.49.